The number of rotatable bonds is 4. The van der Waals surface area contributed by atoms with Gasteiger partial charge in [-0.2, -0.15) is 0 Å². The molecule has 0 radical (unpaired) electrons. The quantitative estimate of drug-likeness (QED) is 0.892. The molecule has 2 rings (SSSR count). The maximum absolute atomic E-state index is 3.71. The summed E-state index contributed by atoms with van der Waals surface area (Å²) in [6, 6.07) is 11.3. The highest BCUT2D eigenvalue weighted by Crippen LogP contribution is 2.26. The maximum Gasteiger partial charge on any atom is 0.0450 e. The summed E-state index contributed by atoms with van der Waals surface area (Å²) in [6.07, 6.45) is 1.26. The molecular weight excluding hydrogens is 232 g/mol. The molecule has 0 bridgehead atoms. The van der Waals surface area contributed by atoms with Crippen LogP contribution in [-0.2, 0) is 0 Å². The summed E-state index contributed by atoms with van der Waals surface area (Å²) in [5.74, 6) is 0.772. The maximum atomic E-state index is 3.71. The number of benzene rings is 1. The van der Waals surface area contributed by atoms with E-state index in [0.29, 0.717) is 6.04 Å². The Balaban J connectivity index is 2.08. The van der Waals surface area contributed by atoms with E-state index in [1.165, 1.54) is 18.5 Å². The summed E-state index contributed by atoms with van der Waals surface area (Å²) in [5.41, 5.74) is 1.67. The van der Waals surface area contributed by atoms with Gasteiger partial charge in [0.15, 0.2) is 0 Å². The molecule has 1 aliphatic heterocycles. The fourth-order valence-corrected chi connectivity index (χ4v) is 2.75. The molecule has 1 fully saturated rings. The van der Waals surface area contributed by atoms with Crippen LogP contribution in [0.3, 0.4) is 0 Å². The Morgan fingerprint density at radius 2 is 2.00 bits per heavy atom. The minimum Gasteiger partial charge on any atom is -0.307 e. The first kappa shape index (κ1) is 14.5. The molecule has 106 valence electrons. The predicted octanol–water partition coefficient (Wildman–Crippen LogP) is 3.46. The largest absolute Gasteiger partial charge is 0.307 e. The summed E-state index contributed by atoms with van der Waals surface area (Å²) in [7, 11) is 0. The molecule has 0 aliphatic carbocycles. The second kappa shape index (κ2) is 6.06. The first-order valence-electron chi connectivity index (χ1n) is 7.56. The van der Waals surface area contributed by atoms with Crippen molar-refractivity contribution in [3.8, 4) is 0 Å². The topological polar surface area (TPSA) is 15.3 Å². The zero-order chi connectivity index (χ0) is 13.9. The van der Waals surface area contributed by atoms with Crippen LogP contribution in [0.1, 0.15) is 45.7 Å². The van der Waals surface area contributed by atoms with Crippen molar-refractivity contribution in [3.05, 3.63) is 35.9 Å². The average molecular weight is 260 g/mol. The van der Waals surface area contributed by atoms with Crippen LogP contribution in [0.5, 0.6) is 0 Å². The van der Waals surface area contributed by atoms with E-state index in [2.05, 4.69) is 68.2 Å². The van der Waals surface area contributed by atoms with Crippen molar-refractivity contribution >= 4 is 0 Å². The van der Waals surface area contributed by atoms with E-state index in [0.717, 1.165) is 19.0 Å². The number of nitrogens with zero attached hydrogens (tertiary/aromatic N) is 1. The van der Waals surface area contributed by atoms with E-state index < -0.39 is 0 Å². The molecule has 2 unspecified atom stereocenters. The third-order valence-electron chi connectivity index (χ3n) is 4.47. The van der Waals surface area contributed by atoms with Gasteiger partial charge in [-0.1, -0.05) is 50.6 Å². The number of piperazine rings is 1. The lowest BCUT2D eigenvalue weighted by molar-refractivity contribution is 0.0521. The predicted molar refractivity (Wildman–Crippen MR) is 82.3 cm³/mol. The SMILES string of the molecule is CCC(C)CN1CC(c2ccccc2)NCC1(C)C. The van der Waals surface area contributed by atoms with Crippen LogP contribution >= 0.6 is 0 Å². The molecule has 1 aromatic carbocycles. The Labute approximate surface area is 118 Å². The van der Waals surface area contributed by atoms with E-state index >= 15 is 0 Å². The van der Waals surface area contributed by atoms with Crippen LogP contribution in [0.25, 0.3) is 0 Å². The molecular formula is C17H28N2. The number of nitrogens with one attached hydrogen (secondary N) is 1. The fourth-order valence-electron chi connectivity index (χ4n) is 2.75. The summed E-state index contributed by atoms with van der Waals surface area (Å²) < 4.78 is 0. The first-order chi connectivity index (χ1) is 9.03. The van der Waals surface area contributed by atoms with Crippen molar-refractivity contribution in [2.45, 2.75) is 45.7 Å². The second-order valence-corrected chi connectivity index (χ2v) is 6.58. The van der Waals surface area contributed by atoms with Crippen LogP contribution in [0.4, 0.5) is 0 Å². The average Bonchev–Trinajstić information content (AvgIpc) is 2.42. The van der Waals surface area contributed by atoms with Gasteiger partial charge in [-0.05, 0) is 25.3 Å². The molecule has 19 heavy (non-hydrogen) atoms. The lowest BCUT2D eigenvalue weighted by Crippen LogP contribution is -2.59. The molecule has 1 saturated heterocycles. The van der Waals surface area contributed by atoms with Crippen molar-refractivity contribution in [2.75, 3.05) is 19.6 Å². The van der Waals surface area contributed by atoms with Crippen molar-refractivity contribution < 1.29 is 0 Å². The standard InChI is InChI=1S/C17H28N2/c1-5-14(2)11-19-12-16(18-13-17(19,3)4)15-9-7-6-8-10-15/h6-10,14,16,18H,5,11-13H2,1-4H3. The molecule has 0 saturated carbocycles. The zero-order valence-electron chi connectivity index (χ0n) is 12.8. The number of hydrogen-bond donors (Lipinski definition) is 1. The fraction of sp³-hybridized carbons (Fsp3) is 0.647. The molecule has 2 heteroatoms. The summed E-state index contributed by atoms with van der Waals surface area (Å²) >= 11 is 0. The van der Waals surface area contributed by atoms with Crippen LogP contribution in [0, 0.1) is 5.92 Å². The van der Waals surface area contributed by atoms with Gasteiger partial charge < -0.3 is 5.32 Å². The molecule has 1 aromatic rings. The van der Waals surface area contributed by atoms with Crippen LogP contribution < -0.4 is 5.32 Å². The Hall–Kier alpha value is -0.860. The van der Waals surface area contributed by atoms with E-state index in [9.17, 15) is 0 Å². The Bertz CT molecular complexity index is 386. The Morgan fingerprint density at radius 3 is 2.63 bits per heavy atom. The molecule has 1 N–H and O–H groups in total. The molecule has 0 spiro atoms. The van der Waals surface area contributed by atoms with Crippen LogP contribution in [0.2, 0.25) is 0 Å². The minimum atomic E-state index is 0.259. The zero-order valence-corrected chi connectivity index (χ0v) is 12.8. The van der Waals surface area contributed by atoms with Gasteiger partial charge in [-0.3, -0.25) is 4.90 Å². The van der Waals surface area contributed by atoms with E-state index in [1.807, 2.05) is 0 Å². The third kappa shape index (κ3) is 3.58. The molecule has 2 atom stereocenters. The van der Waals surface area contributed by atoms with Gasteiger partial charge in [0.05, 0.1) is 0 Å². The van der Waals surface area contributed by atoms with Gasteiger partial charge in [0.25, 0.3) is 0 Å². The van der Waals surface area contributed by atoms with Crippen molar-refractivity contribution in [1.82, 2.24) is 10.2 Å². The van der Waals surface area contributed by atoms with Gasteiger partial charge >= 0.3 is 0 Å². The van der Waals surface area contributed by atoms with Crippen molar-refractivity contribution in [2.24, 2.45) is 5.92 Å². The van der Waals surface area contributed by atoms with Gasteiger partial charge in [0.2, 0.25) is 0 Å². The first-order valence-corrected chi connectivity index (χ1v) is 7.56. The molecule has 2 nitrogen and oxygen atoms in total. The van der Waals surface area contributed by atoms with E-state index in [-0.39, 0.29) is 5.54 Å². The van der Waals surface area contributed by atoms with E-state index in [4.69, 9.17) is 0 Å². The lowest BCUT2D eigenvalue weighted by Gasteiger charge is -2.47. The van der Waals surface area contributed by atoms with Gasteiger partial charge in [-0.25, -0.2) is 0 Å². The molecule has 0 amide bonds. The summed E-state index contributed by atoms with van der Waals surface area (Å²) in [5, 5.41) is 3.71. The highest BCUT2D eigenvalue weighted by molar-refractivity contribution is 5.20. The molecule has 1 heterocycles. The number of hydrogen-bond acceptors (Lipinski definition) is 2. The van der Waals surface area contributed by atoms with Crippen LogP contribution in [-0.4, -0.2) is 30.1 Å². The molecule has 0 aromatic heterocycles. The minimum absolute atomic E-state index is 0.259. The highest BCUT2D eigenvalue weighted by Gasteiger charge is 2.34. The van der Waals surface area contributed by atoms with Gasteiger partial charge in [0.1, 0.15) is 0 Å². The second-order valence-electron chi connectivity index (χ2n) is 6.58. The highest BCUT2D eigenvalue weighted by atomic mass is 15.3. The van der Waals surface area contributed by atoms with Crippen LogP contribution in [0.15, 0.2) is 30.3 Å². The monoisotopic (exact) mass is 260 g/mol. The van der Waals surface area contributed by atoms with Gasteiger partial charge in [-0.15, -0.1) is 0 Å². The van der Waals surface area contributed by atoms with Crippen molar-refractivity contribution in [1.29, 1.82) is 0 Å². The Morgan fingerprint density at radius 1 is 1.32 bits per heavy atom. The Kier molecular flexibility index (Phi) is 4.64. The van der Waals surface area contributed by atoms with Crippen molar-refractivity contribution in [3.63, 3.8) is 0 Å². The molecule has 1 aliphatic rings. The lowest BCUT2D eigenvalue weighted by atomic mass is 9.92. The van der Waals surface area contributed by atoms with Gasteiger partial charge in [0, 0.05) is 31.2 Å². The summed E-state index contributed by atoms with van der Waals surface area (Å²) in [4.78, 5) is 2.66. The third-order valence-corrected chi connectivity index (χ3v) is 4.47. The smallest absolute Gasteiger partial charge is 0.0450 e. The normalized spacial score (nSPS) is 25.2. The van der Waals surface area contributed by atoms with E-state index in [1.54, 1.807) is 0 Å². The summed E-state index contributed by atoms with van der Waals surface area (Å²) in [6.45, 7) is 12.7.